The molecule has 0 aromatic heterocycles. The molecule has 0 aliphatic carbocycles. The number of fused-ring (bicyclic) bond motifs is 1. The summed E-state index contributed by atoms with van der Waals surface area (Å²) in [6.07, 6.45) is 5.38. The van der Waals surface area contributed by atoms with Crippen LogP contribution in [0.4, 0.5) is 17.1 Å². The number of nitrogens with one attached hydrogen (secondary N) is 2. The van der Waals surface area contributed by atoms with Crippen LogP contribution in [0.15, 0.2) is 54.6 Å². The van der Waals surface area contributed by atoms with E-state index in [1.54, 1.807) is 37.3 Å². The summed E-state index contributed by atoms with van der Waals surface area (Å²) in [6, 6.07) is 10.9. The fourth-order valence-electron chi connectivity index (χ4n) is 4.79. The summed E-state index contributed by atoms with van der Waals surface area (Å²) in [5.74, 6) is -1.41. The first-order chi connectivity index (χ1) is 17.3. The molecule has 10 heteroatoms. The number of non-ortho nitro benzene ring substituents is 1. The Balaban J connectivity index is 1.63. The summed E-state index contributed by atoms with van der Waals surface area (Å²) in [6.45, 7) is 2.49. The van der Waals surface area contributed by atoms with Gasteiger partial charge in [0.15, 0.2) is 5.60 Å². The van der Waals surface area contributed by atoms with Gasteiger partial charge in [-0.05, 0) is 49.6 Å². The molecule has 2 aromatic carbocycles. The second kappa shape index (κ2) is 10.6. The highest BCUT2D eigenvalue weighted by Gasteiger charge is 2.53. The Morgan fingerprint density at radius 2 is 2.17 bits per heavy atom. The Labute approximate surface area is 208 Å². The molecule has 4 rings (SSSR count). The number of aliphatic hydroxyl groups excluding tert-OH is 1. The molecule has 0 bridgehead atoms. The first-order valence-corrected chi connectivity index (χ1v) is 12.0. The molecule has 2 aliphatic heterocycles. The summed E-state index contributed by atoms with van der Waals surface area (Å²) in [7, 11) is 0. The SMILES string of the molecule is C[C@@H](/C=C/CCO)[C@]1(O)C(=O)N(Cc2cccc(NC(=O)[C@H]3CCCN3)c2)c2ccc([N+](=O)[O-])cc21. The van der Waals surface area contributed by atoms with Gasteiger partial charge in [-0.3, -0.25) is 19.7 Å². The molecule has 1 fully saturated rings. The van der Waals surface area contributed by atoms with Gasteiger partial charge < -0.3 is 25.7 Å². The van der Waals surface area contributed by atoms with Crippen LogP contribution >= 0.6 is 0 Å². The number of hydrogen-bond donors (Lipinski definition) is 4. The van der Waals surface area contributed by atoms with Crippen molar-refractivity contribution in [3.05, 3.63) is 75.9 Å². The van der Waals surface area contributed by atoms with Gasteiger partial charge in [0.25, 0.3) is 11.6 Å². The number of hydrogen-bond acceptors (Lipinski definition) is 7. The van der Waals surface area contributed by atoms with Gasteiger partial charge in [-0.15, -0.1) is 0 Å². The van der Waals surface area contributed by atoms with E-state index in [0.717, 1.165) is 24.9 Å². The van der Waals surface area contributed by atoms with Crippen molar-refractivity contribution in [2.24, 2.45) is 5.92 Å². The maximum Gasteiger partial charge on any atom is 0.269 e. The van der Waals surface area contributed by atoms with Crippen molar-refractivity contribution in [1.82, 2.24) is 5.32 Å². The molecule has 0 unspecified atom stereocenters. The van der Waals surface area contributed by atoms with Gasteiger partial charge in [-0.2, -0.15) is 0 Å². The lowest BCUT2D eigenvalue weighted by Gasteiger charge is -2.27. The molecule has 190 valence electrons. The summed E-state index contributed by atoms with van der Waals surface area (Å²) in [5.41, 5.74) is -0.360. The molecule has 0 radical (unpaired) electrons. The third kappa shape index (κ3) is 4.88. The number of carbonyl (C=O) groups excluding carboxylic acids is 2. The third-order valence-corrected chi connectivity index (χ3v) is 6.76. The van der Waals surface area contributed by atoms with E-state index >= 15 is 0 Å². The number of rotatable bonds is 9. The molecule has 0 spiro atoms. The standard InChI is InChI=1S/C26H30N4O6/c1-17(6-2-3-13-31)26(34)21-15-20(30(35)36)10-11-23(21)29(25(26)33)16-18-7-4-8-19(14-18)28-24(32)22-9-5-12-27-22/h2,4,6-8,10-11,14-15,17,22,27,31,34H,3,5,9,12-13,16H2,1H3,(H,28,32)/b6-2+/t17-,22+,26+/m0/s1. The Kier molecular flexibility index (Phi) is 7.48. The minimum atomic E-state index is -2.01. The molecule has 4 N–H and O–H groups in total. The predicted molar refractivity (Wildman–Crippen MR) is 134 cm³/mol. The van der Waals surface area contributed by atoms with Crippen molar-refractivity contribution in [1.29, 1.82) is 0 Å². The first kappa shape index (κ1) is 25.5. The van der Waals surface area contributed by atoms with E-state index in [4.69, 9.17) is 5.11 Å². The van der Waals surface area contributed by atoms with Crippen molar-refractivity contribution < 1.29 is 24.7 Å². The molecule has 2 amide bonds. The Hall–Kier alpha value is -3.60. The maximum atomic E-state index is 13.6. The summed E-state index contributed by atoms with van der Waals surface area (Å²) in [4.78, 5) is 38.4. The van der Waals surface area contributed by atoms with E-state index in [-0.39, 0.29) is 36.4 Å². The van der Waals surface area contributed by atoms with Crippen molar-refractivity contribution in [2.75, 3.05) is 23.4 Å². The molecule has 10 nitrogen and oxygen atoms in total. The number of nitro benzene ring substituents is 1. The minimum absolute atomic E-state index is 0.0759. The normalized spacial score (nSPS) is 22.1. The van der Waals surface area contributed by atoms with E-state index in [1.165, 1.54) is 23.1 Å². The Morgan fingerprint density at radius 3 is 2.86 bits per heavy atom. The Morgan fingerprint density at radius 1 is 1.36 bits per heavy atom. The van der Waals surface area contributed by atoms with E-state index in [9.17, 15) is 24.8 Å². The van der Waals surface area contributed by atoms with Crippen molar-refractivity contribution >= 4 is 28.9 Å². The van der Waals surface area contributed by atoms with Gasteiger partial charge in [0.2, 0.25) is 5.91 Å². The van der Waals surface area contributed by atoms with Gasteiger partial charge in [-0.25, -0.2) is 0 Å². The Bertz CT molecular complexity index is 1190. The lowest BCUT2D eigenvalue weighted by molar-refractivity contribution is -0.385. The molecule has 0 saturated carbocycles. The number of aliphatic hydroxyl groups is 2. The van der Waals surface area contributed by atoms with Gasteiger partial charge in [0, 0.05) is 35.9 Å². The summed E-state index contributed by atoms with van der Waals surface area (Å²) >= 11 is 0. The number of anilines is 2. The van der Waals surface area contributed by atoms with Crippen LogP contribution in [0.2, 0.25) is 0 Å². The second-order valence-corrected chi connectivity index (χ2v) is 9.18. The molecular weight excluding hydrogens is 464 g/mol. The molecule has 1 saturated heterocycles. The van der Waals surface area contributed by atoms with Crippen LogP contribution in [0.25, 0.3) is 0 Å². The summed E-state index contributed by atoms with van der Waals surface area (Å²) in [5, 5.41) is 38.2. The fraction of sp³-hybridized carbons (Fsp3) is 0.385. The van der Waals surface area contributed by atoms with Crippen molar-refractivity contribution in [2.45, 2.75) is 44.4 Å². The fourth-order valence-corrected chi connectivity index (χ4v) is 4.79. The monoisotopic (exact) mass is 494 g/mol. The average Bonchev–Trinajstić information content (AvgIpc) is 3.47. The van der Waals surface area contributed by atoms with E-state index in [1.807, 2.05) is 6.07 Å². The largest absolute Gasteiger partial charge is 0.396 e. The third-order valence-electron chi connectivity index (χ3n) is 6.76. The van der Waals surface area contributed by atoms with Crippen LogP contribution in [-0.4, -0.2) is 46.1 Å². The van der Waals surface area contributed by atoms with Crippen LogP contribution in [0, 0.1) is 16.0 Å². The van der Waals surface area contributed by atoms with Crippen LogP contribution in [0.3, 0.4) is 0 Å². The van der Waals surface area contributed by atoms with Gasteiger partial charge in [0.05, 0.1) is 23.2 Å². The molecule has 2 aromatic rings. The zero-order valence-corrected chi connectivity index (χ0v) is 20.0. The highest BCUT2D eigenvalue weighted by atomic mass is 16.6. The molecule has 2 aliphatic rings. The van der Waals surface area contributed by atoms with Crippen molar-refractivity contribution in [3.8, 4) is 0 Å². The van der Waals surface area contributed by atoms with E-state index in [2.05, 4.69) is 10.6 Å². The lowest BCUT2D eigenvalue weighted by atomic mass is 9.82. The van der Waals surface area contributed by atoms with Gasteiger partial charge in [0.1, 0.15) is 0 Å². The van der Waals surface area contributed by atoms with Gasteiger partial charge >= 0.3 is 0 Å². The number of amides is 2. The van der Waals surface area contributed by atoms with E-state index < -0.39 is 22.3 Å². The highest BCUT2D eigenvalue weighted by molar-refractivity contribution is 6.07. The smallest absolute Gasteiger partial charge is 0.269 e. The topological polar surface area (TPSA) is 145 Å². The molecule has 2 heterocycles. The van der Waals surface area contributed by atoms with Crippen LogP contribution < -0.4 is 15.5 Å². The number of benzene rings is 2. The second-order valence-electron chi connectivity index (χ2n) is 9.18. The maximum absolute atomic E-state index is 13.6. The zero-order valence-electron chi connectivity index (χ0n) is 20.0. The van der Waals surface area contributed by atoms with Crippen molar-refractivity contribution in [3.63, 3.8) is 0 Å². The van der Waals surface area contributed by atoms with Crippen LogP contribution in [-0.2, 0) is 21.7 Å². The minimum Gasteiger partial charge on any atom is -0.396 e. The zero-order chi connectivity index (χ0) is 25.9. The quantitative estimate of drug-likeness (QED) is 0.238. The molecule has 3 atom stereocenters. The van der Waals surface area contributed by atoms with Gasteiger partial charge in [-0.1, -0.05) is 31.2 Å². The average molecular weight is 495 g/mol. The number of carbonyl (C=O) groups is 2. The first-order valence-electron chi connectivity index (χ1n) is 12.0. The number of nitro groups is 1. The number of nitrogens with zero attached hydrogens (tertiary/aromatic N) is 2. The predicted octanol–water partition coefficient (Wildman–Crippen LogP) is 2.59. The highest BCUT2D eigenvalue weighted by Crippen LogP contribution is 2.47. The summed E-state index contributed by atoms with van der Waals surface area (Å²) < 4.78 is 0. The van der Waals surface area contributed by atoms with Crippen LogP contribution in [0.1, 0.15) is 37.3 Å². The lowest BCUT2D eigenvalue weighted by Crippen LogP contribution is -2.44. The van der Waals surface area contributed by atoms with Crippen LogP contribution in [0.5, 0.6) is 0 Å². The molecular formula is C26H30N4O6. The molecule has 36 heavy (non-hydrogen) atoms. The van der Waals surface area contributed by atoms with E-state index in [0.29, 0.717) is 17.8 Å².